The molecule has 2 N–H and O–H groups in total. The fourth-order valence-corrected chi connectivity index (χ4v) is 4.29. The molecule has 1 saturated heterocycles. The molecule has 2 fully saturated rings. The van der Waals surface area contributed by atoms with Gasteiger partial charge in [-0.2, -0.15) is 0 Å². The van der Waals surface area contributed by atoms with Gasteiger partial charge in [0.15, 0.2) is 0 Å². The van der Waals surface area contributed by atoms with Crippen LogP contribution in [0.15, 0.2) is 0 Å². The lowest BCUT2D eigenvalue weighted by Crippen LogP contribution is -2.49. The second-order valence-corrected chi connectivity index (χ2v) is 8.30. The Kier molecular flexibility index (Phi) is 5.62. The molecule has 0 bridgehead atoms. The molecule has 0 aromatic heterocycles. The molecule has 0 unspecified atom stereocenters. The standard InChI is InChI=1S/C14H26N2O4S/c1-2-21(19,20)16-9-7-11(8-10-16)14(18)15-12-5-3-4-6-13(12)17/h11-13,17H,2-10H2,1H3,(H,15,18)/t12-,13-/m1/s1. The largest absolute Gasteiger partial charge is 0.391 e. The van der Waals surface area contributed by atoms with Crippen LogP contribution in [-0.4, -0.2) is 54.7 Å². The van der Waals surface area contributed by atoms with Crippen LogP contribution in [0.3, 0.4) is 0 Å². The fraction of sp³-hybridized carbons (Fsp3) is 0.929. The molecule has 1 aliphatic carbocycles. The van der Waals surface area contributed by atoms with Crippen molar-refractivity contribution in [3.05, 3.63) is 0 Å². The van der Waals surface area contributed by atoms with E-state index < -0.39 is 16.1 Å². The number of nitrogens with one attached hydrogen (secondary N) is 1. The van der Waals surface area contributed by atoms with E-state index in [4.69, 9.17) is 0 Å². The molecule has 0 aromatic rings. The molecule has 2 aliphatic rings. The number of aliphatic hydroxyl groups excluding tert-OH is 1. The van der Waals surface area contributed by atoms with E-state index in [1.165, 1.54) is 4.31 Å². The van der Waals surface area contributed by atoms with Crippen LogP contribution in [0, 0.1) is 5.92 Å². The number of piperidine rings is 1. The highest BCUT2D eigenvalue weighted by Gasteiger charge is 2.32. The number of sulfonamides is 1. The van der Waals surface area contributed by atoms with Crippen LogP contribution in [-0.2, 0) is 14.8 Å². The van der Waals surface area contributed by atoms with Gasteiger partial charge < -0.3 is 10.4 Å². The summed E-state index contributed by atoms with van der Waals surface area (Å²) in [7, 11) is -3.14. The van der Waals surface area contributed by atoms with Crippen molar-refractivity contribution >= 4 is 15.9 Å². The maximum absolute atomic E-state index is 12.2. The quantitative estimate of drug-likeness (QED) is 0.789. The Morgan fingerprint density at radius 2 is 1.81 bits per heavy atom. The van der Waals surface area contributed by atoms with Gasteiger partial charge in [-0.3, -0.25) is 4.79 Å². The first-order chi connectivity index (χ1) is 9.94. The molecule has 21 heavy (non-hydrogen) atoms. The summed E-state index contributed by atoms with van der Waals surface area (Å²) in [5.74, 6) is -0.0603. The van der Waals surface area contributed by atoms with Gasteiger partial charge in [-0.05, 0) is 32.6 Å². The van der Waals surface area contributed by atoms with Gasteiger partial charge in [-0.15, -0.1) is 0 Å². The van der Waals surface area contributed by atoms with Gasteiger partial charge in [0.05, 0.1) is 17.9 Å². The lowest BCUT2D eigenvalue weighted by molar-refractivity contribution is -0.128. The van der Waals surface area contributed by atoms with Gasteiger partial charge in [0.1, 0.15) is 0 Å². The van der Waals surface area contributed by atoms with Crippen LogP contribution in [0.25, 0.3) is 0 Å². The van der Waals surface area contributed by atoms with Gasteiger partial charge in [0.25, 0.3) is 0 Å². The molecule has 0 spiro atoms. The Balaban J connectivity index is 1.83. The maximum atomic E-state index is 12.2. The zero-order chi connectivity index (χ0) is 15.5. The smallest absolute Gasteiger partial charge is 0.223 e. The highest BCUT2D eigenvalue weighted by atomic mass is 32.2. The molecule has 2 atom stereocenters. The average molecular weight is 318 g/mol. The Morgan fingerprint density at radius 3 is 2.38 bits per heavy atom. The van der Waals surface area contributed by atoms with Crippen LogP contribution < -0.4 is 5.32 Å². The zero-order valence-electron chi connectivity index (χ0n) is 12.6. The van der Waals surface area contributed by atoms with Crippen molar-refractivity contribution in [1.29, 1.82) is 0 Å². The molecule has 0 aromatic carbocycles. The molecule has 1 heterocycles. The molecular formula is C14H26N2O4S. The third kappa shape index (κ3) is 4.17. The molecule has 6 nitrogen and oxygen atoms in total. The summed E-state index contributed by atoms with van der Waals surface area (Å²) in [6, 6.07) is -0.136. The molecule has 1 saturated carbocycles. The van der Waals surface area contributed by atoms with E-state index in [2.05, 4.69) is 5.32 Å². The van der Waals surface area contributed by atoms with E-state index in [0.717, 1.165) is 25.7 Å². The summed E-state index contributed by atoms with van der Waals surface area (Å²) >= 11 is 0. The minimum absolute atomic E-state index is 0.0329. The number of hydrogen-bond acceptors (Lipinski definition) is 4. The van der Waals surface area contributed by atoms with Crippen LogP contribution in [0.4, 0.5) is 0 Å². The number of rotatable bonds is 4. The normalized spacial score (nSPS) is 29.2. The van der Waals surface area contributed by atoms with Crippen LogP contribution in [0.1, 0.15) is 45.4 Å². The van der Waals surface area contributed by atoms with E-state index in [-0.39, 0.29) is 23.6 Å². The first-order valence-electron chi connectivity index (χ1n) is 7.90. The van der Waals surface area contributed by atoms with Gasteiger partial charge >= 0.3 is 0 Å². The Hall–Kier alpha value is -0.660. The molecule has 2 rings (SSSR count). The Bertz CT molecular complexity index is 458. The average Bonchev–Trinajstić information content (AvgIpc) is 2.49. The highest BCUT2D eigenvalue weighted by Crippen LogP contribution is 2.22. The van der Waals surface area contributed by atoms with E-state index in [0.29, 0.717) is 25.9 Å². The molecule has 1 aliphatic heterocycles. The SMILES string of the molecule is CCS(=O)(=O)N1CCC(C(=O)N[C@@H]2CCCC[C@H]2O)CC1. The van der Waals surface area contributed by atoms with E-state index >= 15 is 0 Å². The van der Waals surface area contributed by atoms with Crippen molar-refractivity contribution in [1.82, 2.24) is 9.62 Å². The molecule has 0 radical (unpaired) electrons. The van der Waals surface area contributed by atoms with E-state index in [1.807, 2.05) is 0 Å². The Labute approximate surface area is 126 Å². The fourth-order valence-electron chi connectivity index (χ4n) is 3.16. The van der Waals surface area contributed by atoms with Crippen LogP contribution in [0.2, 0.25) is 0 Å². The first kappa shape index (κ1) is 16.7. The van der Waals surface area contributed by atoms with Gasteiger partial charge in [0.2, 0.25) is 15.9 Å². The van der Waals surface area contributed by atoms with Gasteiger partial charge in [-0.1, -0.05) is 12.8 Å². The summed E-state index contributed by atoms with van der Waals surface area (Å²) < 4.78 is 25.0. The third-order valence-corrected chi connectivity index (χ3v) is 6.52. The third-order valence-electron chi connectivity index (χ3n) is 4.64. The minimum Gasteiger partial charge on any atom is -0.391 e. The summed E-state index contributed by atoms with van der Waals surface area (Å²) in [4.78, 5) is 12.2. The second kappa shape index (κ2) is 7.07. The highest BCUT2D eigenvalue weighted by molar-refractivity contribution is 7.89. The first-order valence-corrected chi connectivity index (χ1v) is 9.51. The lowest BCUT2D eigenvalue weighted by atomic mass is 9.91. The van der Waals surface area contributed by atoms with Gasteiger partial charge in [-0.25, -0.2) is 12.7 Å². The molecule has 122 valence electrons. The van der Waals surface area contributed by atoms with Crippen molar-refractivity contribution in [3.63, 3.8) is 0 Å². The van der Waals surface area contributed by atoms with Crippen molar-refractivity contribution in [3.8, 4) is 0 Å². The monoisotopic (exact) mass is 318 g/mol. The number of amides is 1. The number of nitrogens with zero attached hydrogens (tertiary/aromatic N) is 1. The predicted molar refractivity (Wildman–Crippen MR) is 80.2 cm³/mol. The number of aliphatic hydroxyl groups is 1. The van der Waals surface area contributed by atoms with E-state index in [1.54, 1.807) is 6.92 Å². The second-order valence-electron chi connectivity index (χ2n) is 6.04. The Morgan fingerprint density at radius 1 is 1.19 bits per heavy atom. The van der Waals surface area contributed by atoms with Crippen LogP contribution >= 0.6 is 0 Å². The molecular weight excluding hydrogens is 292 g/mol. The summed E-state index contributed by atoms with van der Waals surface area (Å²) in [5.41, 5.74) is 0. The predicted octanol–water partition coefficient (Wildman–Crippen LogP) is 0.468. The number of hydrogen-bond donors (Lipinski definition) is 2. The summed E-state index contributed by atoms with van der Waals surface area (Å²) in [6.45, 7) is 2.47. The van der Waals surface area contributed by atoms with Gasteiger partial charge in [0, 0.05) is 19.0 Å². The van der Waals surface area contributed by atoms with Crippen molar-refractivity contribution < 1.29 is 18.3 Å². The summed E-state index contributed by atoms with van der Waals surface area (Å²) in [5, 5.41) is 12.8. The molecule has 7 heteroatoms. The van der Waals surface area contributed by atoms with Crippen molar-refractivity contribution in [2.75, 3.05) is 18.8 Å². The van der Waals surface area contributed by atoms with E-state index in [9.17, 15) is 18.3 Å². The minimum atomic E-state index is -3.14. The number of carbonyl (C=O) groups is 1. The topological polar surface area (TPSA) is 86.7 Å². The van der Waals surface area contributed by atoms with Crippen molar-refractivity contribution in [2.45, 2.75) is 57.6 Å². The molecule has 1 amide bonds. The number of carbonyl (C=O) groups excluding carboxylic acids is 1. The maximum Gasteiger partial charge on any atom is 0.223 e. The van der Waals surface area contributed by atoms with Crippen molar-refractivity contribution in [2.24, 2.45) is 5.92 Å². The van der Waals surface area contributed by atoms with Crippen LogP contribution in [0.5, 0.6) is 0 Å². The zero-order valence-corrected chi connectivity index (χ0v) is 13.4. The summed E-state index contributed by atoms with van der Waals surface area (Å²) in [6.07, 6.45) is 4.31. The lowest BCUT2D eigenvalue weighted by Gasteiger charge is -2.33.